The van der Waals surface area contributed by atoms with E-state index < -0.39 is 16.0 Å². The number of sulfonamides is 1. The van der Waals surface area contributed by atoms with E-state index in [0.717, 1.165) is 16.6 Å². The monoisotopic (exact) mass is 447 g/mol. The first kappa shape index (κ1) is 18.1. The van der Waals surface area contributed by atoms with Crippen molar-refractivity contribution >= 4 is 59.2 Å². The SMILES string of the molecule is O=C(O)CCCCCCNS(=O)(=O)c1cc(Br)sc1Br. The fourth-order valence-electron chi connectivity index (χ4n) is 1.55. The van der Waals surface area contributed by atoms with Gasteiger partial charge in [-0.25, -0.2) is 13.1 Å². The predicted octanol–water partition coefficient (Wildman–Crippen LogP) is 3.59. The van der Waals surface area contributed by atoms with Crippen molar-refractivity contribution < 1.29 is 18.3 Å². The predicted molar refractivity (Wildman–Crippen MR) is 85.6 cm³/mol. The number of carboxylic acid groups (broad SMARTS) is 1. The molecule has 0 aromatic carbocycles. The molecule has 20 heavy (non-hydrogen) atoms. The van der Waals surface area contributed by atoms with Gasteiger partial charge in [-0.2, -0.15) is 0 Å². The molecule has 5 nitrogen and oxygen atoms in total. The van der Waals surface area contributed by atoms with Crippen LogP contribution in [0, 0.1) is 0 Å². The molecule has 0 atom stereocenters. The van der Waals surface area contributed by atoms with E-state index in [1.807, 2.05) is 0 Å². The second-order valence-corrected chi connectivity index (χ2v) is 9.63. The molecule has 0 aliphatic carbocycles. The summed E-state index contributed by atoms with van der Waals surface area (Å²) in [7, 11) is -3.49. The summed E-state index contributed by atoms with van der Waals surface area (Å²) in [6.45, 7) is 0.356. The Morgan fingerprint density at radius 3 is 2.45 bits per heavy atom. The molecule has 0 amide bonds. The Kier molecular flexibility index (Phi) is 7.67. The average Bonchev–Trinajstić information content (AvgIpc) is 2.67. The van der Waals surface area contributed by atoms with E-state index in [2.05, 4.69) is 36.6 Å². The molecule has 1 aromatic heterocycles. The number of carbonyl (C=O) groups is 1. The number of hydrogen-bond acceptors (Lipinski definition) is 4. The minimum Gasteiger partial charge on any atom is -0.481 e. The first-order chi connectivity index (χ1) is 9.33. The van der Waals surface area contributed by atoms with Crippen LogP contribution in [0.5, 0.6) is 0 Å². The zero-order valence-electron chi connectivity index (χ0n) is 10.6. The molecule has 9 heteroatoms. The molecule has 0 bridgehead atoms. The highest BCUT2D eigenvalue weighted by molar-refractivity contribution is 9.12. The summed E-state index contributed by atoms with van der Waals surface area (Å²) in [5, 5.41) is 8.48. The molecule has 0 saturated carbocycles. The number of hydrogen-bond donors (Lipinski definition) is 2. The van der Waals surface area contributed by atoms with Crippen molar-refractivity contribution in [3.8, 4) is 0 Å². The number of unbranched alkanes of at least 4 members (excludes halogenated alkanes) is 3. The van der Waals surface area contributed by atoms with Crippen molar-refractivity contribution in [2.45, 2.75) is 37.0 Å². The summed E-state index contributed by atoms with van der Waals surface area (Å²) in [6, 6.07) is 1.56. The maximum Gasteiger partial charge on any atom is 0.303 e. The largest absolute Gasteiger partial charge is 0.481 e. The van der Waals surface area contributed by atoms with Gasteiger partial charge < -0.3 is 5.11 Å². The summed E-state index contributed by atoms with van der Waals surface area (Å²) in [5.74, 6) is -0.793. The topological polar surface area (TPSA) is 83.5 Å². The Hall–Kier alpha value is 0.0400. The molecule has 0 unspecified atom stereocenters. The highest BCUT2D eigenvalue weighted by Gasteiger charge is 2.19. The second-order valence-electron chi connectivity index (χ2n) is 4.14. The molecule has 1 heterocycles. The van der Waals surface area contributed by atoms with E-state index in [0.29, 0.717) is 23.2 Å². The van der Waals surface area contributed by atoms with E-state index in [1.54, 1.807) is 6.07 Å². The van der Waals surface area contributed by atoms with Crippen molar-refractivity contribution in [1.29, 1.82) is 0 Å². The lowest BCUT2D eigenvalue weighted by Crippen LogP contribution is -2.24. The van der Waals surface area contributed by atoms with Gasteiger partial charge in [0.05, 0.1) is 7.57 Å². The van der Waals surface area contributed by atoms with Crippen molar-refractivity contribution in [2.75, 3.05) is 6.54 Å². The molecule has 0 radical (unpaired) electrons. The minimum absolute atomic E-state index is 0.168. The molecular formula is C11H15Br2NO4S2. The Bertz CT molecular complexity index is 557. The van der Waals surface area contributed by atoms with Crippen LogP contribution in [0.3, 0.4) is 0 Å². The maximum absolute atomic E-state index is 12.0. The van der Waals surface area contributed by atoms with Crippen LogP contribution in [0.15, 0.2) is 18.5 Å². The van der Waals surface area contributed by atoms with E-state index in [1.165, 1.54) is 11.3 Å². The maximum atomic E-state index is 12.0. The fraction of sp³-hybridized carbons (Fsp3) is 0.545. The minimum atomic E-state index is -3.49. The van der Waals surface area contributed by atoms with E-state index in [4.69, 9.17) is 5.11 Å². The standard InChI is InChI=1S/C11H15Br2NO4S2/c12-9-7-8(11(13)19-9)20(17,18)14-6-4-2-1-3-5-10(15)16/h7,14H,1-6H2,(H,15,16). The van der Waals surface area contributed by atoms with Crippen molar-refractivity contribution in [1.82, 2.24) is 4.72 Å². The normalized spacial score (nSPS) is 11.7. The molecule has 1 rings (SSSR count). The second kappa shape index (κ2) is 8.47. The van der Waals surface area contributed by atoms with Gasteiger partial charge in [-0.05, 0) is 50.8 Å². The number of aliphatic carboxylic acids is 1. The molecule has 2 N–H and O–H groups in total. The lowest BCUT2D eigenvalue weighted by atomic mass is 10.1. The quantitative estimate of drug-likeness (QED) is 0.565. The zero-order valence-corrected chi connectivity index (χ0v) is 15.4. The first-order valence-electron chi connectivity index (χ1n) is 5.99. The third-order valence-corrected chi connectivity index (χ3v) is 6.74. The Balaban J connectivity index is 2.31. The summed E-state index contributed by atoms with van der Waals surface area (Å²) in [4.78, 5) is 10.5. The third-order valence-electron chi connectivity index (χ3n) is 2.52. The van der Waals surface area contributed by atoms with Gasteiger partial charge in [0.2, 0.25) is 10.0 Å². The summed E-state index contributed by atoms with van der Waals surface area (Å²) < 4.78 is 27.9. The van der Waals surface area contributed by atoms with Gasteiger partial charge in [0.25, 0.3) is 0 Å². The van der Waals surface area contributed by atoms with Gasteiger partial charge in [0.15, 0.2) is 0 Å². The van der Waals surface area contributed by atoms with Crippen molar-refractivity contribution in [3.05, 3.63) is 13.6 Å². The van der Waals surface area contributed by atoms with Crippen LogP contribution in [0.1, 0.15) is 32.1 Å². The van der Waals surface area contributed by atoms with Crippen LogP contribution in [0.4, 0.5) is 0 Å². The van der Waals surface area contributed by atoms with E-state index in [9.17, 15) is 13.2 Å². The molecule has 0 saturated heterocycles. The number of rotatable bonds is 9. The number of nitrogens with one attached hydrogen (secondary N) is 1. The Morgan fingerprint density at radius 2 is 1.90 bits per heavy atom. The Labute approximate surface area is 139 Å². The van der Waals surface area contributed by atoms with Crippen LogP contribution in [-0.2, 0) is 14.8 Å². The molecule has 0 aliphatic heterocycles. The molecule has 0 aliphatic rings. The van der Waals surface area contributed by atoms with E-state index in [-0.39, 0.29) is 11.3 Å². The van der Waals surface area contributed by atoms with Gasteiger partial charge in [-0.1, -0.05) is 12.8 Å². The van der Waals surface area contributed by atoms with Gasteiger partial charge >= 0.3 is 5.97 Å². The third kappa shape index (κ3) is 6.21. The lowest BCUT2D eigenvalue weighted by molar-refractivity contribution is -0.137. The smallest absolute Gasteiger partial charge is 0.303 e. The summed E-state index contributed by atoms with van der Waals surface area (Å²) in [6.07, 6.45) is 3.10. The van der Waals surface area contributed by atoms with Crippen LogP contribution < -0.4 is 4.72 Å². The van der Waals surface area contributed by atoms with Crippen LogP contribution >= 0.6 is 43.2 Å². The average molecular weight is 449 g/mol. The fourth-order valence-corrected chi connectivity index (χ4v) is 6.43. The summed E-state index contributed by atoms with van der Waals surface area (Å²) in [5.41, 5.74) is 0. The molecule has 0 fully saturated rings. The van der Waals surface area contributed by atoms with Crippen molar-refractivity contribution in [3.63, 3.8) is 0 Å². The number of halogens is 2. The lowest BCUT2D eigenvalue weighted by Gasteiger charge is -2.05. The van der Waals surface area contributed by atoms with Crippen LogP contribution in [0.2, 0.25) is 0 Å². The van der Waals surface area contributed by atoms with Gasteiger partial charge in [-0.3, -0.25) is 4.79 Å². The summed E-state index contributed by atoms with van der Waals surface area (Å²) >= 11 is 7.78. The van der Waals surface area contributed by atoms with Gasteiger partial charge in [-0.15, -0.1) is 11.3 Å². The highest BCUT2D eigenvalue weighted by atomic mass is 79.9. The van der Waals surface area contributed by atoms with Crippen LogP contribution in [0.25, 0.3) is 0 Å². The Morgan fingerprint density at radius 1 is 1.25 bits per heavy atom. The molecule has 114 valence electrons. The molecular weight excluding hydrogens is 434 g/mol. The van der Waals surface area contributed by atoms with E-state index >= 15 is 0 Å². The molecule has 1 aromatic rings. The van der Waals surface area contributed by atoms with Crippen molar-refractivity contribution in [2.24, 2.45) is 0 Å². The van der Waals surface area contributed by atoms with Gasteiger partial charge in [0.1, 0.15) is 4.90 Å². The first-order valence-corrected chi connectivity index (χ1v) is 9.88. The highest BCUT2D eigenvalue weighted by Crippen LogP contribution is 2.34. The van der Waals surface area contributed by atoms with Gasteiger partial charge in [0, 0.05) is 13.0 Å². The van der Waals surface area contributed by atoms with Crippen LogP contribution in [-0.4, -0.2) is 26.0 Å². The zero-order chi connectivity index (χ0) is 15.2. The molecule has 0 spiro atoms. The number of thiophene rings is 1. The number of carboxylic acids is 1.